The van der Waals surface area contributed by atoms with E-state index in [2.05, 4.69) is 16.0 Å². The molecule has 7 heteroatoms. The van der Waals surface area contributed by atoms with Crippen LogP contribution in [0.1, 0.15) is 17.7 Å². The molecule has 0 fully saturated rings. The third kappa shape index (κ3) is 3.99. The summed E-state index contributed by atoms with van der Waals surface area (Å²) in [7, 11) is 0. The maximum absolute atomic E-state index is 11.4. The molecular weight excluding hydrogens is 304 g/mol. The predicted octanol–water partition coefficient (Wildman–Crippen LogP) is 1.95. The highest BCUT2D eigenvalue weighted by molar-refractivity contribution is 6.31. The number of nitriles is 1. The van der Waals surface area contributed by atoms with Crippen molar-refractivity contribution >= 4 is 17.3 Å². The summed E-state index contributed by atoms with van der Waals surface area (Å²) in [5.41, 5.74) is 1.25. The Labute approximate surface area is 132 Å². The monoisotopic (exact) mass is 318 g/mol. The molecule has 0 unspecified atom stereocenters. The van der Waals surface area contributed by atoms with E-state index in [1.807, 2.05) is 24.0 Å². The molecule has 1 aromatic carbocycles. The largest absolute Gasteiger partial charge is 0.365 e. The number of aryl methyl sites for hydroxylation is 1. The average molecular weight is 319 g/mol. The van der Waals surface area contributed by atoms with Gasteiger partial charge in [0.1, 0.15) is 0 Å². The highest BCUT2D eigenvalue weighted by atomic mass is 35.5. The number of hydrogen-bond acceptors (Lipinski definition) is 4. The van der Waals surface area contributed by atoms with Gasteiger partial charge in [-0.1, -0.05) is 17.7 Å². The Morgan fingerprint density at radius 2 is 2.05 bits per heavy atom. The number of hydrogen-bond donors (Lipinski definition) is 2. The first-order valence-electron chi connectivity index (χ1n) is 6.70. The quantitative estimate of drug-likeness (QED) is 0.881. The Hall–Kier alpha value is -2.52. The Morgan fingerprint density at radius 3 is 2.68 bits per heavy atom. The van der Waals surface area contributed by atoms with E-state index in [0.717, 1.165) is 11.3 Å². The van der Waals surface area contributed by atoms with Gasteiger partial charge in [-0.25, -0.2) is 4.79 Å². The van der Waals surface area contributed by atoms with Crippen LogP contribution in [-0.2, 0) is 6.54 Å². The zero-order chi connectivity index (χ0) is 16.1. The second-order valence-corrected chi connectivity index (χ2v) is 5.28. The van der Waals surface area contributed by atoms with Crippen molar-refractivity contribution in [1.29, 1.82) is 5.26 Å². The third-order valence-corrected chi connectivity index (χ3v) is 3.60. The normalized spacial score (nSPS) is 10.2. The second-order valence-electron chi connectivity index (χ2n) is 4.88. The molecule has 0 amide bonds. The molecule has 0 radical (unpaired) electrons. The summed E-state index contributed by atoms with van der Waals surface area (Å²) in [5.74, 6) is 0. The summed E-state index contributed by atoms with van der Waals surface area (Å²) in [6, 6.07) is 9.00. The van der Waals surface area contributed by atoms with Crippen LogP contribution < -0.4 is 16.1 Å². The number of nitrogens with one attached hydrogen (secondary N) is 2. The highest BCUT2D eigenvalue weighted by Gasteiger charge is 2.10. The average Bonchev–Trinajstić information content (AvgIpc) is 2.45. The summed E-state index contributed by atoms with van der Waals surface area (Å²) >= 11 is 6.14. The van der Waals surface area contributed by atoms with Crippen molar-refractivity contribution in [2.45, 2.75) is 19.9 Å². The lowest BCUT2D eigenvalue weighted by atomic mass is 10.2. The first kappa shape index (κ1) is 15.9. The smallest absolute Gasteiger partial charge is 0.325 e. The van der Waals surface area contributed by atoms with Gasteiger partial charge in [0, 0.05) is 29.0 Å². The van der Waals surface area contributed by atoms with Gasteiger partial charge in [-0.15, -0.1) is 0 Å². The number of aromatic nitrogens is 2. The van der Waals surface area contributed by atoms with Gasteiger partial charge in [-0.05, 0) is 24.6 Å². The zero-order valence-corrected chi connectivity index (χ0v) is 12.8. The van der Waals surface area contributed by atoms with E-state index in [9.17, 15) is 9.59 Å². The molecule has 1 heterocycles. The van der Waals surface area contributed by atoms with Crippen LogP contribution in [0.3, 0.4) is 0 Å². The van der Waals surface area contributed by atoms with Crippen molar-refractivity contribution in [3.05, 3.63) is 61.4 Å². The van der Waals surface area contributed by atoms with Crippen LogP contribution in [0.2, 0.25) is 5.02 Å². The highest BCUT2D eigenvalue weighted by Crippen LogP contribution is 2.24. The van der Waals surface area contributed by atoms with Crippen molar-refractivity contribution in [3.63, 3.8) is 0 Å². The van der Waals surface area contributed by atoms with Crippen LogP contribution in [0.5, 0.6) is 0 Å². The van der Waals surface area contributed by atoms with Crippen molar-refractivity contribution in [1.82, 2.24) is 9.97 Å². The molecule has 0 aliphatic rings. The number of halogens is 1. The van der Waals surface area contributed by atoms with Gasteiger partial charge in [-0.3, -0.25) is 9.78 Å². The topological polar surface area (TPSA) is 92.8 Å². The first-order valence-corrected chi connectivity index (χ1v) is 7.08. The predicted molar refractivity (Wildman–Crippen MR) is 85.2 cm³/mol. The fourth-order valence-corrected chi connectivity index (χ4v) is 2.25. The van der Waals surface area contributed by atoms with Crippen molar-refractivity contribution in [3.8, 4) is 6.07 Å². The molecule has 22 heavy (non-hydrogen) atoms. The standard InChI is InChI=1S/C15H15ClN4O2/c1-10-3-4-12(8-13(10)16)20(6-2-5-17)9-11-7-14(21)19-15(22)18-11/h3-4,7-8H,2,6,9H2,1H3,(H2,18,19,21,22). The van der Waals surface area contributed by atoms with Crippen LogP contribution in [0.4, 0.5) is 5.69 Å². The molecular formula is C15H15ClN4O2. The minimum absolute atomic E-state index is 0.306. The molecule has 0 saturated carbocycles. The number of anilines is 1. The maximum atomic E-state index is 11.4. The van der Waals surface area contributed by atoms with E-state index < -0.39 is 11.2 Å². The molecule has 0 atom stereocenters. The van der Waals surface area contributed by atoms with E-state index >= 15 is 0 Å². The van der Waals surface area contributed by atoms with E-state index in [1.54, 1.807) is 6.07 Å². The summed E-state index contributed by atoms with van der Waals surface area (Å²) in [4.78, 5) is 29.3. The van der Waals surface area contributed by atoms with Gasteiger partial charge in [0.15, 0.2) is 0 Å². The zero-order valence-electron chi connectivity index (χ0n) is 12.0. The minimum Gasteiger partial charge on any atom is -0.365 e. The molecule has 2 rings (SSSR count). The van der Waals surface area contributed by atoms with E-state index in [0.29, 0.717) is 30.2 Å². The molecule has 2 aromatic rings. The van der Waals surface area contributed by atoms with Gasteiger partial charge in [-0.2, -0.15) is 5.26 Å². The number of aromatic amines is 2. The lowest BCUT2D eigenvalue weighted by Gasteiger charge is -2.24. The summed E-state index contributed by atoms with van der Waals surface area (Å²) < 4.78 is 0. The van der Waals surface area contributed by atoms with Gasteiger partial charge < -0.3 is 9.88 Å². The fraction of sp³-hybridized carbons (Fsp3) is 0.267. The number of rotatable bonds is 5. The van der Waals surface area contributed by atoms with Crippen LogP contribution in [-0.4, -0.2) is 16.5 Å². The van der Waals surface area contributed by atoms with E-state index in [-0.39, 0.29) is 0 Å². The Balaban J connectivity index is 2.33. The summed E-state index contributed by atoms with van der Waals surface area (Å²) in [5, 5.41) is 9.42. The van der Waals surface area contributed by atoms with Crippen LogP contribution >= 0.6 is 11.6 Å². The molecule has 0 saturated heterocycles. The minimum atomic E-state index is -0.551. The molecule has 0 aliphatic carbocycles. The van der Waals surface area contributed by atoms with E-state index in [1.165, 1.54) is 6.07 Å². The SMILES string of the molecule is Cc1ccc(N(CCC#N)Cc2cc(=O)[nH]c(=O)[nH]2)cc1Cl. The van der Waals surface area contributed by atoms with Gasteiger partial charge in [0.2, 0.25) is 0 Å². The Morgan fingerprint density at radius 1 is 1.27 bits per heavy atom. The van der Waals surface area contributed by atoms with Crippen LogP contribution in [0, 0.1) is 18.3 Å². The number of nitrogens with zero attached hydrogens (tertiary/aromatic N) is 2. The lowest BCUT2D eigenvalue weighted by Crippen LogP contribution is -2.29. The Bertz CT molecular complexity index is 791. The first-order chi connectivity index (χ1) is 10.5. The number of H-pyrrole nitrogens is 2. The van der Waals surface area contributed by atoms with Crippen molar-refractivity contribution < 1.29 is 0 Å². The van der Waals surface area contributed by atoms with Crippen molar-refractivity contribution in [2.24, 2.45) is 0 Å². The van der Waals surface area contributed by atoms with Crippen LogP contribution in [0.25, 0.3) is 0 Å². The van der Waals surface area contributed by atoms with Crippen LogP contribution in [0.15, 0.2) is 33.9 Å². The molecule has 6 nitrogen and oxygen atoms in total. The number of benzene rings is 1. The van der Waals surface area contributed by atoms with Gasteiger partial charge in [0.25, 0.3) is 5.56 Å². The molecule has 0 spiro atoms. The molecule has 0 aliphatic heterocycles. The summed E-state index contributed by atoms with van der Waals surface area (Å²) in [6.45, 7) is 2.67. The van der Waals surface area contributed by atoms with Gasteiger partial charge in [0.05, 0.1) is 19.0 Å². The molecule has 114 valence electrons. The summed E-state index contributed by atoms with van der Waals surface area (Å²) in [6.07, 6.45) is 0.318. The second kappa shape index (κ2) is 6.96. The maximum Gasteiger partial charge on any atom is 0.325 e. The molecule has 2 N–H and O–H groups in total. The molecule has 1 aromatic heterocycles. The molecule has 0 bridgehead atoms. The van der Waals surface area contributed by atoms with Gasteiger partial charge >= 0.3 is 5.69 Å². The Kier molecular flexibility index (Phi) is 5.02. The fourth-order valence-electron chi connectivity index (χ4n) is 2.07. The van der Waals surface area contributed by atoms with Crippen molar-refractivity contribution in [2.75, 3.05) is 11.4 Å². The van der Waals surface area contributed by atoms with E-state index in [4.69, 9.17) is 16.9 Å². The lowest BCUT2D eigenvalue weighted by molar-refractivity contribution is 0.769. The third-order valence-electron chi connectivity index (χ3n) is 3.19.